The fraction of sp³-hybridized carbons (Fsp3) is 0.438. The van der Waals surface area contributed by atoms with E-state index >= 15 is 0 Å². The van der Waals surface area contributed by atoms with E-state index in [2.05, 4.69) is 26.1 Å². The first-order valence-electron chi connectivity index (χ1n) is 7.67. The Morgan fingerprint density at radius 2 is 2.17 bits per heavy atom. The zero-order valence-electron chi connectivity index (χ0n) is 13.3. The smallest absolute Gasteiger partial charge is 0.249 e. The molecule has 2 aromatic rings. The second-order valence-corrected chi connectivity index (χ2v) is 6.75. The van der Waals surface area contributed by atoms with Crippen molar-refractivity contribution >= 4 is 34.2 Å². The van der Waals surface area contributed by atoms with Crippen LogP contribution in [0, 0.1) is 0 Å². The summed E-state index contributed by atoms with van der Waals surface area (Å²) >= 11 is 3.41. The Bertz CT molecular complexity index is 690. The standard InChI is InChI=1S/C16H19BrN4O2.ClH/c1-10(18)16(22)21-8-2-3-13(21)15-19-14(20-23-15)9-11-4-6-12(17)7-5-11;/h4-7,10,13H,2-3,8-9,18H2,1H3;1H/t10-,13?;/m1./s1. The highest BCUT2D eigenvalue weighted by molar-refractivity contribution is 9.10. The molecule has 130 valence electrons. The van der Waals surface area contributed by atoms with E-state index in [4.69, 9.17) is 10.3 Å². The third-order valence-electron chi connectivity index (χ3n) is 3.97. The summed E-state index contributed by atoms with van der Waals surface area (Å²) in [6.07, 6.45) is 2.36. The van der Waals surface area contributed by atoms with Crippen molar-refractivity contribution in [3.63, 3.8) is 0 Å². The molecule has 8 heteroatoms. The zero-order chi connectivity index (χ0) is 16.4. The maximum Gasteiger partial charge on any atom is 0.249 e. The molecule has 1 unspecified atom stereocenters. The van der Waals surface area contributed by atoms with E-state index in [0.29, 0.717) is 24.7 Å². The largest absolute Gasteiger partial charge is 0.337 e. The lowest BCUT2D eigenvalue weighted by atomic mass is 10.1. The maximum atomic E-state index is 12.2. The molecule has 1 saturated heterocycles. The number of nitrogens with two attached hydrogens (primary N) is 1. The summed E-state index contributed by atoms with van der Waals surface area (Å²) in [5.74, 6) is 1.06. The van der Waals surface area contributed by atoms with Crippen LogP contribution >= 0.6 is 28.3 Å². The molecule has 0 spiro atoms. The van der Waals surface area contributed by atoms with Crippen molar-refractivity contribution < 1.29 is 9.32 Å². The van der Waals surface area contributed by atoms with Gasteiger partial charge in [0.05, 0.1) is 6.04 Å². The van der Waals surface area contributed by atoms with Gasteiger partial charge in [0.25, 0.3) is 0 Å². The molecule has 1 aliphatic rings. The van der Waals surface area contributed by atoms with Crippen LogP contribution in [0.3, 0.4) is 0 Å². The van der Waals surface area contributed by atoms with E-state index < -0.39 is 6.04 Å². The molecule has 0 radical (unpaired) electrons. The summed E-state index contributed by atoms with van der Waals surface area (Å²) in [4.78, 5) is 18.4. The highest BCUT2D eigenvalue weighted by atomic mass is 79.9. The van der Waals surface area contributed by atoms with Gasteiger partial charge in [-0.2, -0.15) is 4.98 Å². The number of benzene rings is 1. The molecule has 3 rings (SSSR count). The zero-order valence-corrected chi connectivity index (χ0v) is 15.7. The van der Waals surface area contributed by atoms with Gasteiger partial charge in [-0.3, -0.25) is 4.79 Å². The quantitative estimate of drug-likeness (QED) is 0.830. The summed E-state index contributed by atoms with van der Waals surface area (Å²) in [5.41, 5.74) is 6.82. The summed E-state index contributed by atoms with van der Waals surface area (Å²) in [5, 5.41) is 4.05. The highest BCUT2D eigenvalue weighted by Gasteiger charge is 2.35. The molecule has 2 N–H and O–H groups in total. The van der Waals surface area contributed by atoms with Crippen molar-refractivity contribution in [2.75, 3.05) is 6.54 Å². The van der Waals surface area contributed by atoms with Crippen LogP contribution in [0.15, 0.2) is 33.3 Å². The first-order chi connectivity index (χ1) is 11.0. The molecule has 6 nitrogen and oxygen atoms in total. The number of carbonyl (C=O) groups excluding carboxylic acids is 1. The minimum absolute atomic E-state index is 0. The number of amides is 1. The van der Waals surface area contributed by atoms with Crippen LogP contribution in [-0.2, 0) is 11.2 Å². The molecular weight excluding hydrogens is 396 g/mol. The summed E-state index contributed by atoms with van der Waals surface area (Å²) in [6, 6.07) is 7.33. The molecule has 2 atom stereocenters. The third kappa shape index (κ3) is 4.15. The van der Waals surface area contributed by atoms with Gasteiger partial charge in [0.2, 0.25) is 11.8 Å². The fourth-order valence-electron chi connectivity index (χ4n) is 2.81. The third-order valence-corrected chi connectivity index (χ3v) is 4.50. The van der Waals surface area contributed by atoms with Crippen molar-refractivity contribution in [1.82, 2.24) is 15.0 Å². The molecule has 1 aromatic heterocycles. The molecule has 1 aromatic carbocycles. The molecule has 24 heavy (non-hydrogen) atoms. The van der Waals surface area contributed by atoms with Crippen molar-refractivity contribution in [3.8, 4) is 0 Å². The lowest BCUT2D eigenvalue weighted by Crippen LogP contribution is -2.41. The molecule has 1 amide bonds. The van der Waals surface area contributed by atoms with Gasteiger partial charge in [0, 0.05) is 17.4 Å². The van der Waals surface area contributed by atoms with E-state index in [1.54, 1.807) is 11.8 Å². The predicted molar refractivity (Wildman–Crippen MR) is 95.8 cm³/mol. The number of halogens is 2. The molecule has 2 heterocycles. The molecule has 1 aliphatic heterocycles. The number of carbonyl (C=O) groups is 1. The lowest BCUT2D eigenvalue weighted by molar-refractivity contribution is -0.133. The highest BCUT2D eigenvalue weighted by Crippen LogP contribution is 2.31. The van der Waals surface area contributed by atoms with E-state index in [-0.39, 0.29) is 24.4 Å². The minimum atomic E-state index is -0.513. The Kier molecular flexibility index (Phi) is 6.37. The number of nitrogens with zero attached hydrogens (tertiary/aromatic N) is 3. The first-order valence-corrected chi connectivity index (χ1v) is 8.47. The second kappa shape index (κ2) is 8.09. The number of likely N-dealkylation sites (tertiary alicyclic amines) is 1. The van der Waals surface area contributed by atoms with Gasteiger partial charge in [-0.25, -0.2) is 0 Å². The van der Waals surface area contributed by atoms with Gasteiger partial charge in [-0.1, -0.05) is 33.2 Å². The number of rotatable bonds is 4. The Morgan fingerprint density at radius 3 is 2.83 bits per heavy atom. The SMILES string of the molecule is C[C@@H](N)C(=O)N1CCCC1c1nc(Cc2ccc(Br)cc2)no1.Cl. The van der Waals surface area contributed by atoms with E-state index in [0.717, 1.165) is 22.9 Å². The van der Waals surface area contributed by atoms with Gasteiger partial charge in [0.1, 0.15) is 6.04 Å². The molecule has 1 fully saturated rings. The Hall–Kier alpha value is -1.44. The summed E-state index contributed by atoms with van der Waals surface area (Å²) < 4.78 is 6.43. The molecule has 0 aliphatic carbocycles. The fourth-order valence-corrected chi connectivity index (χ4v) is 3.07. The number of hydrogen-bond acceptors (Lipinski definition) is 5. The van der Waals surface area contributed by atoms with Gasteiger partial charge in [-0.05, 0) is 37.5 Å². The van der Waals surface area contributed by atoms with E-state index in [9.17, 15) is 4.79 Å². The van der Waals surface area contributed by atoms with Crippen LogP contribution in [0.5, 0.6) is 0 Å². The minimum Gasteiger partial charge on any atom is -0.337 e. The topological polar surface area (TPSA) is 85.3 Å². The van der Waals surface area contributed by atoms with Gasteiger partial charge in [-0.15, -0.1) is 12.4 Å². The normalized spacial score (nSPS) is 18.3. The van der Waals surface area contributed by atoms with Crippen LogP contribution in [0.4, 0.5) is 0 Å². The van der Waals surface area contributed by atoms with Crippen LogP contribution < -0.4 is 5.73 Å². The Labute approximate surface area is 155 Å². The van der Waals surface area contributed by atoms with Crippen LogP contribution in [0.2, 0.25) is 0 Å². The summed E-state index contributed by atoms with van der Waals surface area (Å²) in [7, 11) is 0. The number of aromatic nitrogens is 2. The Balaban J connectivity index is 0.00000208. The maximum absolute atomic E-state index is 12.2. The predicted octanol–water partition coefficient (Wildman–Crippen LogP) is 2.86. The van der Waals surface area contributed by atoms with E-state index in [1.165, 1.54) is 0 Å². The molecular formula is C16H20BrClN4O2. The monoisotopic (exact) mass is 414 g/mol. The summed E-state index contributed by atoms with van der Waals surface area (Å²) in [6.45, 7) is 2.39. The van der Waals surface area contributed by atoms with Crippen LogP contribution in [0.1, 0.15) is 43.1 Å². The van der Waals surface area contributed by atoms with Crippen molar-refractivity contribution in [3.05, 3.63) is 46.0 Å². The van der Waals surface area contributed by atoms with Crippen molar-refractivity contribution in [1.29, 1.82) is 0 Å². The van der Waals surface area contributed by atoms with Gasteiger partial charge >= 0.3 is 0 Å². The molecule has 0 bridgehead atoms. The average molecular weight is 416 g/mol. The van der Waals surface area contributed by atoms with Gasteiger partial charge in [0.15, 0.2) is 5.82 Å². The Morgan fingerprint density at radius 1 is 1.46 bits per heavy atom. The molecule has 0 saturated carbocycles. The first kappa shape index (κ1) is 18.9. The van der Waals surface area contributed by atoms with Crippen LogP contribution in [0.25, 0.3) is 0 Å². The van der Waals surface area contributed by atoms with Crippen LogP contribution in [-0.4, -0.2) is 33.5 Å². The van der Waals surface area contributed by atoms with E-state index in [1.807, 2.05) is 24.3 Å². The second-order valence-electron chi connectivity index (χ2n) is 5.83. The van der Waals surface area contributed by atoms with Gasteiger partial charge < -0.3 is 15.2 Å². The lowest BCUT2D eigenvalue weighted by Gasteiger charge is -2.23. The number of hydrogen-bond donors (Lipinski definition) is 1. The van der Waals surface area contributed by atoms with Crippen molar-refractivity contribution in [2.24, 2.45) is 5.73 Å². The van der Waals surface area contributed by atoms with Crippen molar-refractivity contribution in [2.45, 2.75) is 38.3 Å². The average Bonchev–Trinajstić information content (AvgIpc) is 3.17.